The van der Waals surface area contributed by atoms with Crippen LogP contribution in [0, 0.1) is 11.3 Å². The maximum absolute atomic E-state index is 14.6. The maximum Gasteiger partial charge on any atom is 0.282 e. The molecule has 4 atom stereocenters. The van der Waals surface area contributed by atoms with Crippen LogP contribution >= 0.6 is 11.8 Å². The zero-order valence-corrected chi connectivity index (χ0v) is 27.4. The number of nitriles is 1. The van der Waals surface area contributed by atoms with Crippen molar-refractivity contribution in [1.82, 2.24) is 14.8 Å². The van der Waals surface area contributed by atoms with Gasteiger partial charge in [-0.2, -0.15) is 5.26 Å². The Morgan fingerprint density at radius 2 is 2.11 bits per heavy atom. The van der Waals surface area contributed by atoms with Crippen molar-refractivity contribution >= 4 is 29.0 Å². The lowest BCUT2D eigenvalue weighted by Gasteiger charge is -2.50. The van der Waals surface area contributed by atoms with Crippen LogP contribution in [-0.2, 0) is 24.2 Å². The van der Waals surface area contributed by atoms with Gasteiger partial charge in [-0.3, -0.25) is 9.69 Å². The molecule has 3 saturated heterocycles. The van der Waals surface area contributed by atoms with Gasteiger partial charge in [-0.05, 0) is 62.1 Å². The van der Waals surface area contributed by atoms with Gasteiger partial charge in [0.1, 0.15) is 19.4 Å². The third-order valence-electron chi connectivity index (χ3n) is 11.0. The Morgan fingerprint density at radius 1 is 1.21 bits per heavy atom. The molecule has 2 aromatic rings. The van der Waals surface area contributed by atoms with Crippen LogP contribution in [0.4, 0.5) is 20.2 Å². The molecule has 0 bridgehead atoms. The molecule has 7 heterocycles. The van der Waals surface area contributed by atoms with Crippen LogP contribution in [0.1, 0.15) is 48.9 Å². The number of hydrogen-bond acceptors (Lipinski definition) is 9. The largest absolute Gasteiger partial charge is 0.484 e. The van der Waals surface area contributed by atoms with E-state index >= 15 is 0 Å². The number of anilines is 2. The Kier molecular flexibility index (Phi) is 7.95. The summed E-state index contributed by atoms with van der Waals surface area (Å²) in [5, 5.41) is 9.66. The third-order valence-corrected chi connectivity index (χ3v) is 12.2. The molecule has 2 unspecified atom stereocenters. The zero-order valence-electron chi connectivity index (χ0n) is 26.6. The summed E-state index contributed by atoms with van der Waals surface area (Å²) in [4.78, 5) is 27.6. The number of alkyl halides is 1. The number of hydrogen-bond donors (Lipinski definition) is 0. The highest BCUT2D eigenvalue weighted by Crippen LogP contribution is 2.49. The van der Waals surface area contributed by atoms with Gasteiger partial charge in [-0.1, -0.05) is 12.6 Å². The summed E-state index contributed by atoms with van der Waals surface area (Å²) in [7, 11) is 0. The molecule has 12 heteroatoms. The van der Waals surface area contributed by atoms with Crippen LogP contribution in [0.2, 0.25) is 0 Å². The monoisotopic (exact) mass is 662 g/mol. The number of ether oxygens (including phenoxy) is 2. The second-order valence-corrected chi connectivity index (χ2v) is 14.9. The highest BCUT2D eigenvalue weighted by Gasteiger charge is 2.50. The second-order valence-electron chi connectivity index (χ2n) is 13.8. The van der Waals surface area contributed by atoms with E-state index in [1.54, 1.807) is 0 Å². The highest BCUT2D eigenvalue weighted by molar-refractivity contribution is 7.99. The second kappa shape index (κ2) is 12.2. The Hall–Kier alpha value is -3.56. The van der Waals surface area contributed by atoms with Crippen molar-refractivity contribution in [1.29, 1.82) is 5.26 Å². The number of fused-ring (bicyclic) bond motifs is 7. The molecule has 47 heavy (non-hydrogen) atoms. The number of rotatable bonds is 6. The maximum atomic E-state index is 14.6. The fourth-order valence-corrected chi connectivity index (χ4v) is 9.87. The molecule has 0 spiro atoms. The predicted molar refractivity (Wildman–Crippen MR) is 176 cm³/mol. The topological polar surface area (TPSA) is 85.2 Å². The molecule has 0 saturated carbocycles. The average molecular weight is 663 g/mol. The van der Waals surface area contributed by atoms with Gasteiger partial charge in [-0.25, -0.2) is 13.8 Å². The zero-order chi connectivity index (χ0) is 32.3. The first-order chi connectivity index (χ1) is 22.8. The summed E-state index contributed by atoms with van der Waals surface area (Å²) in [6.45, 7) is 7.14. The van der Waals surface area contributed by atoms with Crippen LogP contribution < -0.4 is 19.3 Å². The lowest BCUT2D eigenvalue weighted by Crippen LogP contribution is -2.63. The molecule has 6 aliphatic rings. The number of nitrogens with zero attached hydrogens (tertiary/aromatic N) is 6. The van der Waals surface area contributed by atoms with E-state index < -0.39 is 23.9 Å². The highest BCUT2D eigenvalue weighted by atomic mass is 32.2. The van der Waals surface area contributed by atoms with Gasteiger partial charge in [0, 0.05) is 48.7 Å². The van der Waals surface area contributed by atoms with Crippen LogP contribution in [0.3, 0.4) is 0 Å². The fourth-order valence-electron chi connectivity index (χ4n) is 8.80. The quantitative estimate of drug-likeness (QED) is 0.405. The summed E-state index contributed by atoms with van der Waals surface area (Å²) >= 11 is 1.92. The standard InChI is InChI=1S/C35H40F2N6O3S/c1-22(36)34(44)43-18-25-20-45-32-31(42(25)17-24(43)8-11-38)26-9-13-40(29-6-2-7-30-27(29)5-3-14-47-30)19-28(26)39-33(32)46-21-35-10-4-12-41(35)16-23(37)15-35/h2,6-7,23-25H,1,3-5,8-10,12-21H2/t23-,24+,25?,35?/m1/s1. The summed E-state index contributed by atoms with van der Waals surface area (Å²) in [6, 6.07) is 8.03. The van der Waals surface area contributed by atoms with Crippen LogP contribution in [0.5, 0.6) is 11.6 Å². The number of pyridine rings is 1. The third kappa shape index (κ3) is 5.30. The molecule has 1 amide bonds. The predicted octanol–water partition coefficient (Wildman–Crippen LogP) is 4.81. The number of piperazine rings is 1. The van der Waals surface area contributed by atoms with Gasteiger partial charge in [0.25, 0.3) is 11.8 Å². The summed E-state index contributed by atoms with van der Waals surface area (Å²) in [6.07, 6.45) is 4.54. The number of aromatic nitrogens is 1. The number of carbonyl (C=O) groups excluding carboxylic acids is 1. The first kappa shape index (κ1) is 30.8. The lowest BCUT2D eigenvalue weighted by molar-refractivity contribution is -0.132. The first-order valence-corrected chi connectivity index (χ1v) is 17.8. The molecular weight excluding hydrogens is 622 g/mol. The molecule has 8 rings (SSSR count). The molecule has 9 nitrogen and oxygen atoms in total. The van der Waals surface area contributed by atoms with Gasteiger partial charge >= 0.3 is 0 Å². The Bertz CT molecular complexity index is 1650. The number of benzene rings is 1. The van der Waals surface area contributed by atoms with Gasteiger partial charge in [-0.15, -0.1) is 11.8 Å². The van der Waals surface area contributed by atoms with Gasteiger partial charge in [0.15, 0.2) is 5.83 Å². The normalized spacial score (nSPS) is 27.9. The van der Waals surface area contributed by atoms with Crippen LogP contribution in [-0.4, -0.2) is 96.2 Å². The number of halogens is 2. The molecule has 1 aromatic carbocycles. The molecule has 0 aliphatic carbocycles. The average Bonchev–Trinajstić information content (AvgIpc) is 3.61. The van der Waals surface area contributed by atoms with E-state index in [0.29, 0.717) is 44.3 Å². The van der Waals surface area contributed by atoms with E-state index in [2.05, 4.69) is 45.5 Å². The summed E-state index contributed by atoms with van der Waals surface area (Å²) in [5.41, 5.74) is 5.22. The van der Waals surface area contributed by atoms with Crippen molar-refractivity contribution in [3.05, 3.63) is 47.4 Å². The Balaban J connectivity index is 1.17. The van der Waals surface area contributed by atoms with E-state index in [1.165, 1.54) is 21.0 Å². The fraction of sp³-hybridized carbons (Fsp3) is 0.571. The van der Waals surface area contributed by atoms with E-state index in [0.717, 1.165) is 67.9 Å². The minimum atomic E-state index is -1.03. The molecule has 0 N–H and O–H groups in total. The van der Waals surface area contributed by atoms with Crippen molar-refractivity contribution in [3.63, 3.8) is 0 Å². The van der Waals surface area contributed by atoms with Gasteiger partial charge in [0.2, 0.25) is 5.75 Å². The first-order valence-electron chi connectivity index (χ1n) is 16.8. The van der Waals surface area contributed by atoms with Gasteiger partial charge in [0.05, 0.1) is 48.0 Å². The van der Waals surface area contributed by atoms with Crippen LogP contribution in [0.25, 0.3) is 0 Å². The number of carbonyl (C=O) groups is 1. The minimum Gasteiger partial charge on any atom is -0.484 e. The van der Waals surface area contributed by atoms with Crippen molar-refractivity contribution in [2.45, 2.75) is 80.2 Å². The van der Waals surface area contributed by atoms with E-state index in [-0.39, 0.29) is 31.2 Å². The minimum absolute atomic E-state index is 0.0721. The molecule has 1 aromatic heterocycles. The van der Waals surface area contributed by atoms with E-state index in [9.17, 15) is 18.8 Å². The van der Waals surface area contributed by atoms with Crippen molar-refractivity contribution in [3.8, 4) is 17.7 Å². The van der Waals surface area contributed by atoms with E-state index in [1.807, 2.05) is 11.8 Å². The Labute approximate surface area is 278 Å². The summed E-state index contributed by atoms with van der Waals surface area (Å²) in [5.74, 6) is 0.325. The molecular formula is C35H40F2N6O3S. The van der Waals surface area contributed by atoms with Crippen LogP contribution in [0.15, 0.2) is 35.5 Å². The van der Waals surface area contributed by atoms with E-state index in [4.69, 9.17) is 14.5 Å². The van der Waals surface area contributed by atoms with Crippen molar-refractivity contribution < 1.29 is 23.0 Å². The van der Waals surface area contributed by atoms with Crippen molar-refractivity contribution in [2.24, 2.45) is 0 Å². The Morgan fingerprint density at radius 3 is 2.96 bits per heavy atom. The summed E-state index contributed by atoms with van der Waals surface area (Å²) < 4.78 is 41.8. The molecule has 6 aliphatic heterocycles. The van der Waals surface area contributed by atoms with Gasteiger partial charge < -0.3 is 24.2 Å². The molecule has 0 radical (unpaired) electrons. The molecule has 3 fully saturated rings. The number of thioether (sulfide) groups is 1. The lowest BCUT2D eigenvalue weighted by atomic mass is 9.94. The molecule has 248 valence electrons. The smallest absolute Gasteiger partial charge is 0.282 e. The van der Waals surface area contributed by atoms with Crippen molar-refractivity contribution in [2.75, 3.05) is 61.5 Å². The SMILES string of the molecule is C=C(F)C(=O)N1CC2COc3c(OCC45CCCN4C[C@H](F)C5)nc4c(c3N2C[C@@H]1CC#N)CCN(c1cccc2c1CCCS2)C4. The number of amides is 1.